The van der Waals surface area contributed by atoms with Crippen molar-refractivity contribution in [3.8, 4) is 17.1 Å². The maximum absolute atomic E-state index is 9.22. The topological polar surface area (TPSA) is 109 Å². The maximum Gasteiger partial charge on any atom is 0.237 e. The van der Waals surface area contributed by atoms with Crippen molar-refractivity contribution in [1.29, 1.82) is 0 Å². The number of morpholine rings is 1. The van der Waals surface area contributed by atoms with Crippen LogP contribution in [-0.4, -0.2) is 70.0 Å². The first-order chi connectivity index (χ1) is 17.3. The number of hydrogen-bond donors (Lipinski definition) is 3. The van der Waals surface area contributed by atoms with Crippen molar-refractivity contribution >= 4 is 28.5 Å². The van der Waals surface area contributed by atoms with Crippen molar-refractivity contribution in [2.45, 2.75) is 12.5 Å². The highest BCUT2D eigenvalue weighted by Gasteiger charge is 2.20. The lowest BCUT2D eigenvalue weighted by atomic mass is 10.2. The van der Waals surface area contributed by atoms with Crippen LogP contribution in [0.15, 0.2) is 55.1 Å². The van der Waals surface area contributed by atoms with Gasteiger partial charge >= 0.3 is 0 Å². The quantitative estimate of drug-likeness (QED) is 0.389. The fraction of sp³-hybridized carbons (Fsp3) is 0.320. The Morgan fingerprint density at radius 2 is 2.09 bits per heavy atom. The zero-order chi connectivity index (χ0) is 23.6. The van der Waals surface area contributed by atoms with Gasteiger partial charge in [-0.05, 0) is 36.8 Å². The molecule has 1 aromatic carbocycles. The van der Waals surface area contributed by atoms with Crippen molar-refractivity contribution in [2.24, 2.45) is 0 Å². The molecule has 10 nitrogen and oxygen atoms in total. The second-order valence-corrected chi connectivity index (χ2v) is 8.61. The minimum absolute atomic E-state index is 0.0621. The summed E-state index contributed by atoms with van der Waals surface area (Å²) in [5.41, 5.74) is 5.33. The summed E-state index contributed by atoms with van der Waals surface area (Å²) in [6, 6.07) is 10.3. The third-order valence-corrected chi connectivity index (χ3v) is 6.26. The van der Waals surface area contributed by atoms with Crippen LogP contribution in [0.3, 0.4) is 0 Å². The van der Waals surface area contributed by atoms with Crippen LogP contribution in [0.1, 0.15) is 6.42 Å². The molecule has 3 aromatic heterocycles. The summed E-state index contributed by atoms with van der Waals surface area (Å²) in [5.74, 6) is 1.28. The van der Waals surface area contributed by atoms with E-state index in [1.807, 2.05) is 35.0 Å². The number of aliphatic hydroxyl groups excluding tert-OH is 1. The molecule has 0 bridgehead atoms. The Bertz CT molecular complexity index is 1320. The highest BCUT2D eigenvalue weighted by molar-refractivity contribution is 5.75. The number of hydrogen-bond acceptors (Lipinski definition) is 9. The minimum atomic E-state index is 0.0621. The van der Waals surface area contributed by atoms with E-state index in [0.717, 1.165) is 53.6 Å². The van der Waals surface area contributed by atoms with Crippen molar-refractivity contribution in [3.63, 3.8) is 0 Å². The number of nitrogens with zero attached hydrogens (tertiary/aromatic N) is 5. The highest BCUT2D eigenvalue weighted by Crippen LogP contribution is 2.31. The van der Waals surface area contributed by atoms with Crippen molar-refractivity contribution in [3.05, 3.63) is 55.1 Å². The van der Waals surface area contributed by atoms with Gasteiger partial charge in [-0.15, -0.1) is 0 Å². The van der Waals surface area contributed by atoms with Crippen molar-refractivity contribution < 1.29 is 14.6 Å². The first-order valence-corrected chi connectivity index (χ1v) is 11.8. The van der Waals surface area contributed by atoms with Crippen LogP contribution in [0.25, 0.3) is 16.9 Å². The smallest absolute Gasteiger partial charge is 0.237 e. The van der Waals surface area contributed by atoms with Gasteiger partial charge < -0.3 is 34.5 Å². The van der Waals surface area contributed by atoms with Crippen molar-refractivity contribution in [2.75, 3.05) is 55.0 Å². The molecule has 3 N–H and O–H groups in total. The standard InChI is InChI=1S/C25H27N7O3/c33-10-5-20-15-31(9-12-34-20)19-3-1-18(2-4-19)29-23-24-27-6-8-32(24)16-22(30-23)17-13-21-25(28-14-17)35-11-7-26-21/h1-4,6,8,13-14,16,20,26,33H,5,7,9-12,15H2,(H,29,30). The Morgan fingerprint density at radius 3 is 2.97 bits per heavy atom. The van der Waals surface area contributed by atoms with Gasteiger partial charge in [0.25, 0.3) is 0 Å². The second kappa shape index (κ2) is 9.40. The highest BCUT2D eigenvalue weighted by atomic mass is 16.5. The first kappa shape index (κ1) is 21.6. The van der Waals surface area contributed by atoms with Crippen molar-refractivity contribution in [1.82, 2.24) is 19.4 Å². The molecule has 1 saturated heterocycles. The summed E-state index contributed by atoms with van der Waals surface area (Å²) in [5, 5.41) is 16.0. The molecule has 2 aliphatic rings. The molecule has 1 fully saturated rings. The number of benzene rings is 1. The molecule has 0 saturated carbocycles. The van der Waals surface area contributed by atoms with E-state index >= 15 is 0 Å². The van der Waals surface area contributed by atoms with Gasteiger partial charge in [0.1, 0.15) is 6.61 Å². The first-order valence-electron chi connectivity index (χ1n) is 11.8. The Kier molecular flexibility index (Phi) is 5.81. The van der Waals surface area contributed by atoms with Gasteiger partial charge in [0.2, 0.25) is 5.88 Å². The molecule has 2 aliphatic heterocycles. The molecule has 180 valence electrons. The largest absolute Gasteiger partial charge is 0.474 e. The van der Waals surface area contributed by atoms with E-state index in [2.05, 4.69) is 37.6 Å². The van der Waals surface area contributed by atoms with E-state index in [-0.39, 0.29) is 12.7 Å². The van der Waals surface area contributed by atoms with E-state index in [1.54, 1.807) is 12.4 Å². The SMILES string of the molecule is OCCC1CN(c2ccc(Nc3nc(-c4cnc5c(c4)NCCO5)cn4ccnc34)cc2)CCO1. The van der Waals surface area contributed by atoms with E-state index in [1.165, 1.54) is 0 Å². The zero-order valence-corrected chi connectivity index (χ0v) is 19.2. The lowest BCUT2D eigenvalue weighted by Gasteiger charge is -2.34. The number of aromatic nitrogens is 4. The van der Waals surface area contributed by atoms with Crippen LogP contribution in [0, 0.1) is 0 Å². The Morgan fingerprint density at radius 1 is 1.17 bits per heavy atom. The van der Waals surface area contributed by atoms with Crippen LogP contribution in [0.4, 0.5) is 22.9 Å². The molecule has 0 aliphatic carbocycles. The third kappa shape index (κ3) is 4.45. The molecule has 4 aromatic rings. The van der Waals surface area contributed by atoms with Gasteiger partial charge in [-0.1, -0.05) is 0 Å². The van der Waals surface area contributed by atoms with E-state index < -0.39 is 0 Å². The normalized spacial score (nSPS) is 17.5. The number of ether oxygens (including phenoxy) is 2. The average molecular weight is 474 g/mol. The summed E-state index contributed by atoms with van der Waals surface area (Å²) >= 11 is 0. The van der Waals surface area contributed by atoms with E-state index in [9.17, 15) is 5.11 Å². The number of anilines is 4. The van der Waals surface area contributed by atoms with E-state index in [4.69, 9.17) is 14.5 Å². The summed E-state index contributed by atoms with van der Waals surface area (Å²) in [6.07, 6.45) is 8.11. The summed E-state index contributed by atoms with van der Waals surface area (Å²) in [7, 11) is 0. The van der Waals surface area contributed by atoms with Gasteiger partial charge in [0, 0.05) is 68.0 Å². The Labute approximate surface area is 202 Å². The molecular weight excluding hydrogens is 446 g/mol. The fourth-order valence-electron chi connectivity index (χ4n) is 4.49. The molecule has 1 atom stereocenters. The Balaban J connectivity index is 1.25. The molecular formula is C25H27N7O3. The molecule has 0 radical (unpaired) electrons. The number of pyridine rings is 1. The molecule has 10 heteroatoms. The third-order valence-electron chi connectivity index (χ3n) is 6.26. The Hall–Kier alpha value is -3.89. The van der Waals surface area contributed by atoms with Gasteiger partial charge in [0.05, 0.1) is 24.1 Å². The number of rotatable bonds is 6. The van der Waals surface area contributed by atoms with Crippen LogP contribution in [0.2, 0.25) is 0 Å². The van der Waals surface area contributed by atoms with Gasteiger partial charge in [0.15, 0.2) is 11.5 Å². The molecule has 35 heavy (non-hydrogen) atoms. The van der Waals surface area contributed by atoms with Gasteiger partial charge in [-0.25, -0.2) is 15.0 Å². The molecule has 0 spiro atoms. The number of aliphatic hydroxyl groups is 1. The summed E-state index contributed by atoms with van der Waals surface area (Å²) < 4.78 is 13.3. The average Bonchev–Trinajstić information content (AvgIpc) is 3.38. The predicted octanol–water partition coefficient (Wildman–Crippen LogP) is 2.93. The summed E-state index contributed by atoms with van der Waals surface area (Å²) in [4.78, 5) is 16.1. The monoisotopic (exact) mass is 473 g/mol. The number of imidazole rings is 1. The molecule has 5 heterocycles. The lowest BCUT2D eigenvalue weighted by molar-refractivity contribution is 0.0247. The van der Waals surface area contributed by atoms with Gasteiger partial charge in [-0.3, -0.25) is 0 Å². The maximum atomic E-state index is 9.22. The summed E-state index contributed by atoms with van der Waals surface area (Å²) in [6.45, 7) is 3.78. The van der Waals surface area contributed by atoms with Crippen LogP contribution in [0.5, 0.6) is 5.88 Å². The van der Waals surface area contributed by atoms with Crippen LogP contribution >= 0.6 is 0 Å². The second-order valence-electron chi connectivity index (χ2n) is 8.61. The van der Waals surface area contributed by atoms with Gasteiger partial charge in [-0.2, -0.15) is 0 Å². The zero-order valence-electron chi connectivity index (χ0n) is 19.2. The van der Waals surface area contributed by atoms with Crippen LogP contribution in [-0.2, 0) is 4.74 Å². The predicted molar refractivity (Wildman–Crippen MR) is 134 cm³/mol. The number of fused-ring (bicyclic) bond motifs is 2. The van der Waals surface area contributed by atoms with E-state index in [0.29, 0.717) is 31.3 Å². The molecule has 1 unspecified atom stereocenters. The molecule has 6 rings (SSSR count). The van der Waals surface area contributed by atoms with Crippen LogP contribution < -0.4 is 20.3 Å². The molecule has 0 amide bonds. The number of nitrogens with one attached hydrogen (secondary N) is 2. The lowest BCUT2D eigenvalue weighted by Crippen LogP contribution is -2.42. The minimum Gasteiger partial charge on any atom is -0.474 e. The fourth-order valence-corrected chi connectivity index (χ4v) is 4.49.